The molecule has 136 valence electrons. The minimum absolute atomic E-state index is 0.115. The van der Waals surface area contributed by atoms with Crippen molar-refractivity contribution >= 4 is 17.2 Å². The standard InChI is InChI=1S/C19H21N3O4/c1-24-17-10-5-7-14(18(17)25-2)13-20-26-12-6-11-22-16-9-4-3-8-15(16)21-19(22)23/h3-5,7-10,13H,6,11-12H2,1-2H3,(H,21,23)/b20-13-. The van der Waals surface area contributed by atoms with Crippen LogP contribution in [0, 0.1) is 0 Å². The molecule has 3 rings (SSSR count). The third kappa shape index (κ3) is 3.72. The smallest absolute Gasteiger partial charge is 0.326 e. The molecular weight excluding hydrogens is 334 g/mol. The Morgan fingerprint density at radius 3 is 2.77 bits per heavy atom. The van der Waals surface area contributed by atoms with Gasteiger partial charge in [0.1, 0.15) is 6.61 Å². The highest BCUT2D eigenvalue weighted by atomic mass is 16.6. The van der Waals surface area contributed by atoms with E-state index in [1.54, 1.807) is 25.0 Å². The normalized spacial score (nSPS) is 11.2. The molecule has 7 nitrogen and oxygen atoms in total. The highest BCUT2D eigenvalue weighted by Gasteiger charge is 2.07. The highest BCUT2D eigenvalue weighted by molar-refractivity contribution is 5.84. The summed E-state index contributed by atoms with van der Waals surface area (Å²) in [4.78, 5) is 20.1. The fourth-order valence-corrected chi connectivity index (χ4v) is 2.78. The Labute approximate surface area is 150 Å². The number of imidazole rings is 1. The Balaban J connectivity index is 1.55. The summed E-state index contributed by atoms with van der Waals surface area (Å²) >= 11 is 0. The molecule has 1 heterocycles. The second kappa shape index (κ2) is 8.24. The van der Waals surface area contributed by atoms with E-state index < -0.39 is 0 Å². The molecule has 0 radical (unpaired) electrons. The third-order valence-corrected chi connectivity index (χ3v) is 4.00. The summed E-state index contributed by atoms with van der Waals surface area (Å²) in [5.74, 6) is 1.24. The van der Waals surface area contributed by atoms with Crippen molar-refractivity contribution in [3.8, 4) is 11.5 Å². The van der Waals surface area contributed by atoms with Gasteiger partial charge < -0.3 is 19.3 Å². The van der Waals surface area contributed by atoms with E-state index >= 15 is 0 Å². The monoisotopic (exact) mass is 355 g/mol. The van der Waals surface area contributed by atoms with Crippen LogP contribution in [0.25, 0.3) is 11.0 Å². The zero-order valence-electron chi connectivity index (χ0n) is 14.8. The molecule has 1 N–H and O–H groups in total. The molecule has 2 aromatic carbocycles. The van der Waals surface area contributed by atoms with Gasteiger partial charge in [-0.1, -0.05) is 23.4 Å². The summed E-state index contributed by atoms with van der Waals surface area (Å²) in [5.41, 5.74) is 2.37. The molecule has 3 aromatic rings. The van der Waals surface area contributed by atoms with Gasteiger partial charge in [0.2, 0.25) is 0 Å². The summed E-state index contributed by atoms with van der Waals surface area (Å²) in [6, 6.07) is 13.1. The van der Waals surface area contributed by atoms with Gasteiger partial charge >= 0.3 is 5.69 Å². The average molecular weight is 355 g/mol. The van der Waals surface area contributed by atoms with E-state index in [9.17, 15) is 4.79 Å². The number of nitrogens with one attached hydrogen (secondary N) is 1. The first kappa shape index (κ1) is 17.6. The van der Waals surface area contributed by atoms with Crippen molar-refractivity contribution in [2.45, 2.75) is 13.0 Å². The molecule has 0 unspecified atom stereocenters. The van der Waals surface area contributed by atoms with Crippen molar-refractivity contribution in [1.29, 1.82) is 0 Å². The van der Waals surface area contributed by atoms with Crippen LogP contribution in [0.3, 0.4) is 0 Å². The zero-order chi connectivity index (χ0) is 18.4. The minimum Gasteiger partial charge on any atom is -0.493 e. The van der Waals surface area contributed by atoms with Crippen molar-refractivity contribution in [3.63, 3.8) is 0 Å². The Hall–Kier alpha value is -3.22. The van der Waals surface area contributed by atoms with Crippen LogP contribution in [-0.4, -0.2) is 36.6 Å². The van der Waals surface area contributed by atoms with Crippen LogP contribution in [0.15, 0.2) is 52.4 Å². The van der Waals surface area contributed by atoms with Gasteiger partial charge in [-0.05, 0) is 24.3 Å². The Morgan fingerprint density at radius 1 is 1.12 bits per heavy atom. The van der Waals surface area contributed by atoms with E-state index in [-0.39, 0.29) is 5.69 Å². The molecule has 7 heteroatoms. The maximum atomic E-state index is 12.0. The van der Waals surface area contributed by atoms with Gasteiger partial charge in [0.05, 0.1) is 31.5 Å². The number of hydrogen-bond donors (Lipinski definition) is 1. The van der Waals surface area contributed by atoms with Crippen molar-refractivity contribution < 1.29 is 14.3 Å². The van der Waals surface area contributed by atoms with Gasteiger partial charge in [-0.25, -0.2) is 4.79 Å². The molecule has 0 fully saturated rings. The van der Waals surface area contributed by atoms with E-state index in [0.29, 0.717) is 31.1 Å². The maximum absolute atomic E-state index is 12.0. The van der Waals surface area contributed by atoms with E-state index in [1.165, 1.54) is 0 Å². The van der Waals surface area contributed by atoms with Gasteiger partial charge in [-0.3, -0.25) is 4.57 Å². The number of oxime groups is 1. The Morgan fingerprint density at radius 2 is 1.96 bits per heavy atom. The summed E-state index contributed by atoms with van der Waals surface area (Å²) in [5, 5.41) is 3.97. The number of hydrogen-bond acceptors (Lipinski definition) is 5. The number of nitrogens with zero attached hydrogens (tertiary/aromatic N) is 2. The van der Waals surface area contributed by atoms with Gasteiger partial charge in [0.25, 0.3) is 0 Å². The van der Waals surface area contributed by atoms with Gasteiger partial charge in [-0.15, -0.1) is 0 Å². The summed E-state index contributed by atoms with van der Waals surface area (Å²) in [7, 11) is 3.16. The third-order valence-electron chi connectivity index (χ3n) is 4.00. The topological polar surface area (TPSA) is 77.8 Å². The quantitative estimate of drug-likeness (QED) is 0.383. The molecule has 0 spiro atoms. The maximum Gasteiger partial charge on any atom is 0.326 e. The molecular formula is C19H21N3O4. The van der Waals surface area contributed by atoms with Crippen molar-refractivity contribution in [2.75, 3.05) is 20.8 Å². The molecule has 0 saturated heterocycles. The second-order valence-corrected chi connectivity index (χ2v) is 5.60. The average Bonchev–Trinajstić information content (AvgIpc) is 2.99. The lowest BCUT2D eigenvalue weighted by atomic mass is 10.2. The molecule has 0 aliphatic carbocycles. The van der Waals surface area contributed by atoms with E-state index in [4.69, 9.17) is 14.3 Å². The van der Waals surface area contributed by atoms with Gasteiger partial charge in [0, 0.05) is 18.5 Å². The number of ether oxygens (including phenoxy) is 2. The first-order valence-corrected chi connectivity index (χ1v) is 8.28. The highest BCUT2D eigenvalue weighted by Crippen LogP contribution is 2.29. The summed E-state index contributed by atoms with van der Waals surface area (Å²) in [6.07, 6.45) is 2.24. The first-order chi connectivity index (χ1) is 12.7. The number of para-hydroxylation sites is 3. The van der Waals surface area contributed by atoms with E-state index in [0.717, 1.165) is 16.6 Å². The molecule has 0 atom stereocenters. The fourth-order valence-electron chi connectivity index (χ4n) is 2.78. The minimum atomic E-state index is -0.115. The van der Waals surface area contributed by atoms with Gasteiger partial charge in [0.15, 0.2) is 11.5 Å². The fraction of sp³-hybridized carbons (Fsp3) is 0.263. The second-order valence-electron chi connectivity index (χ2n) is 5.60. The number of rotatable bonds is 8. The Kier molecular flexibility index (Phi) is 5.58. The summed E-state index contributed by atoms with van der Waals surface area (Å²) in [6.45, 7) is 0.954. The summed E-state index contributed by atoms with van der Waals surface area (Å²) < 4.78 is 12.3. The molecule has 0 aliphatic heterocycles. The number of H-pyrrole nitrogens is 1. The van der Waals surface area contributed by atoms with Crippen molar-refractivity contribution in [3.05, 3.63) is 58.5 Å². The number of aryl methyl sites for hydroxylation is 1. The lowest BCUT2D eigenvalue weighted by molar-refractivity contribution is 0.140. The zero-order valence-corrected chi connectivity index (χ0v) is 14.8. The first-order valence-electron chi connectivity index (χ1n) is 8.28. The van der Waals surface area contributed by atoms with Crippen LogP contribution in [0.2, 0.25) is 0 Å². The van der Waals surface area contributed by atoms with Gasteiger partial charge in [-0.2, -0.15) is 0 Å². The molecule has 0 amide bonds. The van der Waals surface area contributed by atoms with Crippen LogP contribution >= 0.6 is 0 Å². The van der Waals surface area contributed by atoms with Crippen LogP contribution in [0.5, 0.6) is 11.5 Å². The van der Waals surface area contributed by atoms with Crippen molar-refractivity contribution in [2.24, 2.45) is 5.16 Å². The SMILES string of the molecule is COc1cccc(/C=N\OCCCn2c(=O)[nH]c3ccccc32)c1OC. The Bertz CT molecular complexity index is 959. The molecule has 0 aliphatic rings. The lowest BCUT2D eigenvalue weighted by Crippen LogP contribution is -2.17. The molecule has 26 heavy (non-hydrogen) atoms. The van der Waals surface area contributed by atoms with Crippen LogP contribution in [-0.2, 0) is 11.4 Å². The number of methoxy groups -OCH3 is 2. The number of aromatic amines is 1. The molecule has 1 aromatic heterocycles. The van der Waals surface area contributed by atoms with E-state index in [1.807, 2.05) is 42.5 Å². The largest absolute Gasteiger partial charge is 0.493 e. The van der Waals surface area contributed by atoms with Crippen molar-refractivity contribution in [1.82, 2.24) is 9.55 Å². The molecule has 0 bridgehead atoms. The lowest BCUT2D eigenvalue weighted by Gasteiger charge is -2.09. The number of fused-ring (bicyclic) bond motifs is 1. The number of benzene rings is 2. The number of aromatic nitrogens is 2. The van der Waals surface area contributed by atoms with E-state index in [2.05, 4.69) is 10.1 Å². The molecule has 0 saturated carbocycles. The van der Waals surface area contributed by atoms with Crippen LogP contribution in [0.4, 0.5) is 0 Å². The van der Waals surface area contributed by atoms with Crippen LogP contribution < -0.4 is 15.2 Å². The predicted octanol–water partition coefficient (Wildman–Crippen LogP) is 2.79. The predicted molar refractivity (Wildman–Crippen MR) is 100 cm³/mol. The van der Waals surface area contributed by atoms with Crippen LogP contribution in [0.1, 0.15) is 12.0 Å².